The van der Waals surface area contributed by atoms with Gasteiger partial charge in [0.05, 0.1) is 22.0 Å². The van der Waals surface area contributed by atoms with E-state index in [1.807, 2.05) is 6.92 Å². The molecule has 0 fully saturated rings. The molecule has 0 aliphatic carbocycles. The summed E-state index contributed by atoms with van der Waals surface area (Å²) in [6, 6.07) is 5.04. The Labute approximate surface area is 212 Å². The second-order valence-electron chi connectivity index (χ2n) is 8.45. The van der Waals surface area contributed by atoms with Crippen molar-refractivity contribution in [3.63, 3.8) is 0 Å². The van der Waals surface area contributed by atoms with Crippen LogP contribution in [0.1, 0.15) is 70.8 Å². The summed E-state index contributed by atoms with van der Waals surface area (Å²) in [5.74, 6) is 0.872. The fourth-order valence-electron chi connectivity index (χ4n) is 3.46. The summed E-state index contributed by atoms with van der Waals surface area (Å²) >= 11 is 3.42. The van der Waals surface area contributed by atoms with E-state index in [1.54, 1.807) is 31.3 Å². The van der Waals surface area contributed by atoms with Crippen molar-refractivity contribution in [3.05, 3.63) is 34.4 Å². The summed E-state index contributed by atoms with van der Waals surface area (Å²) in [7, 11) is -3.62. The highest BCUT2D eigenvalue weighted by atomic mass is 79.9. The zero-order valence-corrected chi connectivity index (χ0v) is 22.8. The highest BCUT2D eigenvalue weighted by molar-refractivity contribution is 9.10. The molecule has 34 heavy (non-hydrogen) atoms. The third kappa shape index (κ3) is 9.13. The number of anilines is 3. The lowest BCUT2D eigenvalue weighted by molar-refractivity contribution is 0.271. The van der Waals surface area contributed by atoms with Gasteiger partial charge in [-0.15, -0.1) is 0 Å². The molecule has 0 spiro atoms. The van der Waals surface area contributed by atoms with E-state index in [9.17, 15) is 13.5 Å². The van der Waals surface area contributed by atoms with Gasteiger partial charge in [0, 0.05) is 18.4 Å². The number of aliphatic hydroxyl groups is 1. The molecule has 8 nitrogen and oxygen atoms in total. The number of benzene rings is 1. The lowest BCUT2D eigenvalue weighted by atomic mass is 10.1. The first-order valence-corrected chi connectivity index (χ1v) is 14.4. The van der Waals surface area contributed by atoms with E-state index < -0.39 is 10.0 Å². The highest BCUT2D eigenvalue weighted by Crippen LogP contribution is 2.25. The van der Waals surface area contributed by atoms with Gasteiger partial charge >= 0.3 is 0 Å². The third-order valence-corrected chi connectivity index (χ3v) is 7.79. The van der Waals surface area contributed by atoms with Crippen molar-refractivity contribution in [2.24, 2.45) is 0 Å². The molecule has 0 aliphatic rings. The van der Waals surface area contributed by atoms with Crippen LogP contribution in [0, 0.1) is 6.92 Å². The maximum atomic E-state index is 12.9. The van der Waals surface area contributed by atoms with E-state index in [2.05, 4.69) is 48.2 Å². The number of aromatic nitrogens is 2. The molecule has 0 radical (unpaired) electrons. The van der Waals surface area contributed by atoms with Crippen molar-refractivity contribution < 1.29 is 13.5 Å². The van der Waals surface area contributed by atoms with Crippen LogP contribution in [0.15, 0.2) is 33.8 Å². The summed E-state index contributed by atoms with van der Waals surface area (Å²) in [4.78, 5) is 8.96. The number of hydrogen-bond donors (Lipinski definition) is 4. The average Bonchev–Trinajstić information content (AvgIpc) is 2.82. The lowest BCUT2D eigenvalue weighted by Crippen LogP contribution is -2.25. The molecular formula is C24H38BrN5O3S. The largest absolute Gasteiger partial charge is 0.394 e. The fraction of sp³-hybridized carbons (Fsp3) is 0.583. The van der Waals surface area contributed by atoms with Crippen LogP contribution in [0.2, 0.25) is 0 Å². The van der Waals surface area contributed by atoms with Gasteiger partial charge in [-0.25, -0.2) is 18.1 Å². The SMILES string of the molecule is CCCCCCCCCNS(=O)(=O)c1cc(Nc2ncc(Br)c(N[C@H](CC)CO)n2)ccc1C. The van der Waals surface area contributed by atoms with Gasteiger partial charge in [-0.2, -0.15) is 4.98 Å². The topological polar surface area (TPSA) is 116 Å². The smallest absolute Gasteiger partial charge is 0.240 e. The van der Waals surface area contributed by atoms with Gasteiger partial charge in [0.2, 0.25) is 16.0 Å². The molecule has 0 amide bonds. The number of halogens is 1. The maximum Gasteiger partial charge on any atom is 0.240 e. The van der Waals surface area contributed by atoms with Crippen molar-refractivity contribution in [1.82, 2.24) is 14.7 Å². The van der Waals surface area contributed by atoms with Crippen LogP contribution >= 0.6 is 15.9 Å². The average molecular weight is 557 g/mol. The van der Waals surface area contributed by atoms with E-state index in [-0.39, 0.29) is 17.5 Å². The summed E-state index contributed by atoms with van der Waals surface area (Å²) in [5, 5.41) is 15.7. The van der Waals surface area contributed by atoms with Gasteiger partial charge in [-0.1, -0.05) is 58.4 Å². The predicted octanol–water partition coefficient (Wildman–Crippen LogP) is 5.50. The minimum absolute atomic E-state index is 0.0132. The molecule has 4 N–H and O–H groups in total. The summed E-state index contributed by atoms with van der Waals surface area (Å²) in [6.07, 6.45) is 10.3. The Bertz CT molecular complexity index is 1000. The van der Waals surface area contributed by atoms with Crippen molar-refractivity contribution in [1.29, 1.82) is 0 Å². The molecule has 2 rings (SSSR count). The Morgan fingerprint density at radius 1 is 1.09 bits per heavy atom. The molecule has 0 bridgehead atoms. The van der Waals surface area contributed by atoms with Gasteiger partial charge < -0.3 is 15.7 Å². The Morgan fingerprint density at radius 3 is 2.47 bits per heavy atom. The Kier molecular flexibility index (Phi) is 12.2. The van der Waals surface area contributed by atoms with Crippen LogP contribution in [0.3, 0.4) is 0 Å². The molecule has 10 heteroatoms. The minimum Gasteiger partial charge on any atom is -0.394 e. The second kappa shape index (κ2) is 14.6. The number of nitrogens with zero attached hydrogens (tertiary/aromatic N) is 2. The standard InChI is InChI=1S/C24H38BrN5O3S/c1-4-6-7-8-9-10-11-14-27-34(32,33)22-15-20(13-12-18(22)3)29-24-26-16-21(25)23(30-24)28-19(5-2)17-31/h12-13,15-16,19,27,31H,4-11,14,17H2,1-3H3,(H2,26,28,29,30)/t19-/m1/s1. The first-order valence-electron chi connectivity index (χ1n) is 12.1. The molecule has 1 heterocycles. The van der Waals surface area contributed by atoms with Crippen LogP contribution in [0.25, 0.3) is 0 Å². The molecule has 0 saturated carbocycles. The van der Waals surface area contributed by atoms with Gasteiger partial charge in [-0.3, -0.25) is 0 Å². The number of aliphatic hydroxyl groups excluding tert-OH is 1. The number of unbranched alkanes of at least 4 members (excludes halogenated alkanes) is 6. The normalized spacial score (nSPS) is 12.5. The Balaban J connectivity index is 2.03. The minimum atomic E-state index is -3.62. The maximum absolute atomic E-state index is 12.9. The molecule has 1 aromatic carbocycles. The van der Waals surface area contributed by atoms with Crippen LogP contribution in [0.5, 0.6) is 0 Å². The second-order valence-corrected chi connectivity index (χ2v) is 11.0. The molecule has 2 aromatic rings. The van der Waals surface area contributed by atoms with E-state index in [4.69, 9.17) is 0 Å². The quantitative estimate of drug-likeness (QED) is 0.202. The zero-order chi connectivity index (χ0) is 25.0. The van der Waals surface area contributed by atoms with Gasteiger partial charge in [0.25, 0.3) is 0 Å². The van der Waals surface area contributed by atoms with Crippen molar-refractivity contribution in [2.75, 3.05) is 23.8 Å². The number of nitrogens with one attached hydrogen (secondary N) is 3. The molecule has 0 saturated heterocycles. The van der Waals surface area contributed by atoms with Gasteiger partial charge in [0.1, 0.15) is 5.82 Å². The number of rotatable bonds is 16. The van der Waals surface area contributed by atoms with Crippen molar-refractivity contribution in [3.8, 4) is 0 Å². The van der Waals surface area contributed by atoms with Crippen LogP contribution in [-0.2, 0) is 10.0 Å². The van der Waals surface area contributed by atoms with Crippen LogP contribution in [0.4, 0.5) is 17.5 Å². The first-order chi connectivity index (χ1) is 16.3. The van der Waals surface area contributed by atoms with E-state index in [0.29, 0.717) is 34.0 Å². The third-order valence-electron chi connectivity index (χ3n) is 5.60. The van der Waals surface area contributed by atoms with E-state index in [1.165, 1.54) is 25.7 Å². The number of aryl methyl sites for hydroxylation is 1. The highest BCUT2D eigenvalue weighted by Gasteiger charge is 2.17. The summed E-state index contributed by atoms with van der Waals surface area (Å²) in [6.45, 7) is 6.37. The van der Waals surface area contributed by atoms with E-state index >= 15 is 0 Å². The van der Waals surface area contributed by atoms with Gasteiger partial charge in [-0.05, 0) is 53.4 Å². The Morgan fingerprint density at radius 2 is 1.79 bits per heavy atom. The van der Waals surface area contributed by atoms with Crippen LogP contribution in [-0.4, -0.2) is 42.7 Å². The molecule has 0 unspecified atom stereocenters. The molecule has 0 aliphatic heterocycles. The summed E-state index contributed by atoms with van der Waals surface area (Å²) in [5.41, 5.74) is 1.25. The first kappa shape index (κ1) is 28.5. The fourth-order valence-corrected chi connectivity index (χ4v) is 5.11. The Hall–Kier alpha value is -1.75. The molecule has 190 valence electrons. The number of hydrogen-bond acceptors (Lipinski definition) is 7. The number of sulfonamides is 1. The van der Waals surface area contributed by atoms with Crippen LogP contribution < -0.4 is 15.4 Å². The lowest BCUT2D eigenvalue weighted by Gasteiger charge is -2.16. The monoisotopic (exact) mass is 555 g/mol. The van der Waals surface area contributed by atoms with E-state index in [0.717, 1.165) is 25.7 Å². The predicted molar refractivity (Wildman–Crippen MR) is 142 cm³/mol. The molecular weight excluding hydrogens is 518 g/mol. The van der Waals surface area contributed by atoms with Crippen molar-refractivity contribution in [2.45, 2.75) is 83.1 Å². The molecule has 1 atom stereocenters. The van der Waals surface area contributed by atoms with Gasteiger partial charge in [0.15, 0.2) is 0 Å². The zero-order valence-electron chi connectivity index (χ0n) is 20.4. The van der Waals surface area contributed by atoms with Crippen molar-refractivity contribution >= 4 is 43.4 Å². The molecule has 1 aromatic heterocycles. The summed E-state index contributed by atoms with van der Waals surface area (Å²) < 4.78 is 29.2.